The van der Waals surface area contributed by atoms with Gasteiger partial charge in [-0.3, -0.25) is 4.79 Å². The highest BCUT2D eigenvalue weighted by Crippen LogP contribution is 2.31. The van der Waals surface area contributed by atoms with Gasteiger partial charge in [-0.25, -0.2) is 0 Å². The molecule has 8 heteroatoms. The van der Waals surface area contributed by atoms with E-state index in [0.29, 0.717) is 17.1 Å². The molecule has 0 spiro atoms. The Labute approximate surface area is 125 Å². The van der Waals surface area contributed by atoms with Crippen molar-refractivity contribution in [1.29, 1.82) is 0 Å². The summed E-state index contributed by atoms with van der Waals surface area (Å²) in [5, 5.41) is 38.4. The number of aliphatic hydroxyl groups is 4. The van der Waals surface area contributed by atoms with Crippen LogP contribution in [-0.2, 0) is 16.0 Å². The monoisotopic (exact) mass is 312 g/mol. The Morgan fingerprint density at radius 3 is 2.68 bits per heavy atom. The molecule has 1 aromatic rings. The third kappa shape index (κ3) is 2.67. The van der Waals surface area contributed by atoms with Gasteiger partial charge in [0.25, 0.3) is 0 Å². The molecular weight excluding hydrogens is 296 g/mol. The first-order chi connectivity index (χ1) is 10.5. The lowest BCUT2D eigenvalue weighted by Crippen LogP contribution is -2.60. The quantitative estimate of drug-likeness (QED) is 0.385. The third-order valence-corrected chi connectivity index (χ3v) is 3.69. The molecule has 0 aromatic heterocycles. The maximum atomic E-state index is 11.2. The molecule has 0 unspecified atom stereocenters. The summed E-state index contributed by atoms with van der Waals surface area (Å²) in [6.07, 6.45) is -6.60. The number of benzene rings is 1. The van der Waals surface area contributed by atoms with E-state index in [9.17, 15) is 20.1 Å². The minimum atomic E-state index is -1.50. The Kier molecular flexibility index (Phi) is 4.02. The van der Waals surface area contributed by atoms with Crippen molar-refractivity contribution in [3.63, 3.8) is 0 Å². The summed E-state index contributed by atoms with van der Waals surface area (Å²) in [7, 11) is 0. The summed E-state index contributed by atoms with van der Waals surface area (Å²) >= 11 is 0. The van der Waals surface area contributed by atoms with Crippen LogP contribution in [0.3, 0.4) is 0 Å². The summed E-state index contributed by atoms with van der Waals surface area (Å²) in [4.78, 5) is 11.2. The topological polar surface area (TPSA) is 126 Å². The summed E-state index contributed by atoms with van der Waals surface area (Å²) in [6.45, 7) is -0.530. The van der Waals surface area contributed by atoms with Gasteiger partial charge < -0.3 is 34.6 Å². The third-order valence-electron chi connectivity index (χ3n) is 3.69. The molecule has 0 radical (unpaired) electrons. The molecule has 2 aliphatic heterocycles. The van der Waals surface area contributed by atoms with Crippen molar-refractivity contribution in [3.05, 3.63) is 23.8 Å². The zero-order valence-electron chi connectivity index (χ0n) is 11.5. The zero-order chi connectivity index (χ0) is 15.9. The SMILES string of the molecule is O=C1Cc2cc(O[C@H]3O[C@H](CO)[C@@H](O)[C@H](O)[C@@H]3O)ccc2O1. The standard InChI is InChI=1S/C14H16O8/c15-5-9-11(17)12(18)13(19)14(22-9)20-7-1-2-8-6(3-7)4-10(16)21-8/h1-3,9,11-15,17-19H,4-5H2/t9-,11-,12+,13+,14+/m1/s1. The number of hydrogen-bond donors (Lipinski definition) is 4. The molecule has 1 aromatic carbocycles. The van der Waals surface area contributed by atoms with Crippen molar-refractivity contribution in [2.75, 3.05) is 6.61 Å². The van der Waals surface area contributed by atoms with E-state index in [1.165, 1.54) is 6.07 Å². The van der Waals surface area contributed by atoms with Crippen LogP contribution in [0.15, 0.2) is 18.2 Å². The number of fused-ring (bicyclic) bond motifs is 1. The minimum Gasteiger partial charge on any atom is -0.462 e. The first kappa shape index (κ1) is 15.2. The van der Waals surface area contributed by atoms with E-state index in [0.717, 1.165) is 0 Å². The lowest BCUT2D eigenvalue weighted by molar-refractivity contribution is -0.277. The highest BCUT2D eigenvalue weighted by molar-refractivity contribution is 5.81. The van der Waals surface area contributed by atoms with E-state index in [-0.39, 0.29) is 12.4 Å². The average molecular weight is 312 g/mol. The largest absolute Gasteiger partial charge is 0.462 e. The lowest BCUT2D eigenvalue weighted by atomic mass is 9.99. The molecule has 1 saturated heterocycles. The van der Waals surface area contributed by atoms with Crippen LogP contribution in [0.4, 0.5) is 0 Å². The van der Waals surface area contributed by atoms with E-state index < -0.39 is 37.3 Å². The molecule has 1 fully saturated rings. The number of esters is 1. The smallest absolute Gasteiger partial charge is 0.315 e. The van der Waals surface area contributed by atoms with Crippen LogP contribution in [0.2, 0.25) is 0 Å². The summed E-state index contributed by atoms with van der Waals surface area (Å²) < 4.78 is 15.7. The Morgan fingerprint density at radius 1 is 1.18 bits per heavy atom. The van der Waals surface area contributed by atoms with Gasteiger partial charge in [-0.1, -0.05) is 0 Å². The fourth-order valence-electron chi connectivity index (χ4n) is 2.48. The molecule has 4 N–H and O–H groups in total. The summed E-state index contributed by atoms with van der Waals surface area (Å²) in [5.74, 6) is 0.396. The van der Waals surface area contributed by atoms with Crippen LogP contribution in [-0.4, -0.2) is 63.7 Å². The number of carbonyl (C=O) groups is 1. The Hall–Kier alpha value is -1.71. The fraction of sp³-hybridized carbons (Fsp3) is 0.500. The predicted molar refractivity (Wildman–Crippen MR) is 70.2 cm³/mol. The van der Waals surface area contributed by atoms with E-state index in [2.05, 4.69) is 0 Å². The van der Waals surface area contributed by atoms with Crippen LogP contribution >= 0.6 is 0 Å². The van der Waals surface area contributed by atoms with Crippen LogP contribution < -0.4 is 9.47 Å². The van der Waals surface area contributed by atoms with Crippen LogP contribution in [0, 0.1) is 0 Å². The highest BCUT2D eigenvalue weighted by atomic mass is 16.7. The van der Waals surface area contributed by atoms with Crippen molar-refractivity contribution >= 4 is 5.97 Å². The summed E-state index contributed by atoms with van der Waals surface area (Å²) in [6, 6.07) is 4.65. The van der Waals surface area contributed by atoms with Gasteiger partial charge in [0.1, 0.15) is 35.9 Å². The first-order valence-electron chi connectivity index (χ1n) is 6.80. The average Bonchev–Trinajstić information content (AvgIpc) is 2.87. The highest BCUT2D eigenvalue weighted by Gasteiger charge is 2.44. The van der Waals surface area contributed by atoms with Gasteiger partial charge in [0.05, 0.1) is 13.0 Å². The van der Waals surface area contributed by atoms with Crippen molar-refractivity contribution < 1.29 is 39.4 Å². The Balaban J connectivity index is 1.75. The second kappa shape index (κ2) is 5.82. The van der Waals surface area contributed by atoms with Crippen LogP contribution in [0.1, 0.15) is 5.56 Å². The summed E-state index contributed by atoms with van der Waals surface area (Å²) in [5.41, 5.74) is 0.645. The van der Waals surface area contributed by atoms with Crippen molar-refractivity contribution in [3.8, 4) is 11.5 Å². The molecule has 5 atom stereocenters. The van der Waals surface area contributed by atoms with Crippen molar-refractivity contribution in [1.82, 2.24) is 0 Å². The van der Waals surface area contributed by atoms with Crippen LogP contribution in [0.5, 0.6) is 11.5 Å². The number of aliphatic hydroxyl groups excluding tert-OH is 4. The van der Waals surface area contributed by atoms with Gasteiger partial charge in [0.2, 0.25) is 6.29 Å². The second-order valence-corrected chi connectivity index (χ2v) is 5.24. The van der Waals surface area contributed by atoms with Crippen LogP contribution in [0.25, 0.3) is 0 Å². The fourth-order valence-corrected chi connectivity index (χ4v) is 2.48. The van der Waals surface area contributed by atoms with Gasteiger partial charge in [-0.2, -0.15) is 0 Å². The predicted octanol–water partition coefficient (Wildman–Crippen LogP) is -1.67. The van der Waals surface area contributed by atoms with E-state index in [1.807, 2.05) is 0 Å². The van der Waals surface area contributed by atoms with Gasteiger partial charge in [0.15, 0.2) is 0 Å². The van der Waals surface area contributed by atoms with Gasteiger partial charge in [-0.05, 0) is 18.2 Å². The lowest BCUT2D eigenvalue weighted by Gasteiger charge is -2.39. The normalized spacial score (nSPS) is 34.2. The van der Waals surface area contributed by atoms with E-state index in [1.54, 1.807) is 12.1 Å². The van der Waals surface area contributed by atoms with Gasteiger partial charge in [-0.15, -0.1) is 0 Å². The molecular formula is C14H16O8. The van der Waals surface area contributed by atoms with Gasteiger partial charge in [0, 0.05) is 5.56 Å². The molecule has 0 bridgehead atoms. The van der Waals surface area contributed by atoms with Crippen molar-refractivity contribution in [2.24, 2.45) is 0 Å². The molecule has 2 aliphatic rings. The maximum absolute atomic E-state index is 11.2. The van der Waals surface area contributed by atoms with E-state index in [4.69, 9.17) is 19.3 Å². The molecule has 0 amide bonds. The Bertz CT molecular complexity index is 572. The molecule has 0 aliphatic carbocycles. The first-order valence-corrected chi connectivity index (χ1v) is 6.80. The van der Waals surface area contributed by atoms with Gasteiger partial charge >= 0.3 is 5.97 Å². The molecule has 3 rings (SSSR count). The second-order valence-electron chi connectivity index (χ2n) is 5.24. The van der Waals surface area contributed by atoms with Crippen molar-refractivity contribution in [2.45, 2.75) is 37.1 Å². The maximum Gasteiger partial charge on any atom is 0.315 e. The number of rotatable bonds is 3. The zero-order valence-corrected chi connectivity index (χ0v) is 11.5. The number of hydrogen-bond acceptors (Lipinski definition) is 8. The number of carbonyl (C=O) groups excluding carboxylic acids is 1. The molecule has 120 valence electrons. The molecule has 22 heavy (non-hydrogen) atoms. The minimum absolute atomic E-state index is 0.126. The Morgan fingerprint density at radius 2 is 1.95 bits per heavy atom. The molecule has 2 heterocycles. The molecule has 8 nitrogen and oxygen atoms in total. The van der Waals surface area contributed by atoms with E-state index >= 15 is 0 Å². The number of ether oxygens (including phenoxy) is 3. The molecule has 0 saturated carbocycles.